The molecule has 0 aliphatic carbocycles. The zero-order valence-electron chi connectivity index (χ0n) is 14.8. The van der Waals surface area contributed by atoms with E-state index in [2.05, 4.69) is 32.6 Å². The second-order valence-corrected chi connectivity index (χ2v) is 6.66. The van der Waals surface area contributed by atoms with Crippen LogP contribution < -0.4 is 0 Å². The van der Waals surface area contributed by atoms with Crippen LogP contribution in [0, 0.1) is 5.92 Å². The number of nitrogens with zero attached hydrogens (tertiary/aromatic N) is 2. The maximum Gasteiger partial charge on any atom is 0.245 e. The Hall–Kier alpha value is -2.10. The molecule has 1 aliphatic heterocycles. The highest BCUT2D eigenvalue weighted by Gasteiger charge is 2.30. The summed E-state index contributed by atoms with van der Waals surface area (Å²) in [5.41, 5.74) is 1.25. The van der Waals surface area contributed by atoms with Crippen LogP contribution >= 0.6 is 0 Å². The van der Waals surface area contributed by atoms with Crippen LogP contribution in [-0.2, 0) is 16.0 Å². The number of likely N-dealkylation sites (tertiary alicyclic amines) is 1. The van der Waals surface area contributed by atoms with E-state index in [-0.39, 0.29) is 23.8 Å². The van der Waals surface area contributed by atoms with E-state index in [9.17, 15) is 9.59 Å². The molecule has 2 rings (SSSR count). The topological polar surface area (TPSA) is 40.6 Å². The molecular formula is C20H28N2O2. The summed E-state index contributed by atoms with van der Waals surface area (Å²) in [6.45, 7) is 9.70. The highest BCUT2D eigenvalue weighted by molar-refractivity contribution is 5.87. The van der Waals surface area contributed by atoms with Gasteiger partial charge in [-0.25, -0.2) is 0 Å². The average Bonchev–Trinajstić information content (AvgIpc) is 2.61. The van der Waals surface area contributed by atoms with Crippen molar-refractivity contribution < 1.29 is 9.59 Å². The van der Waals surface area contributed by atoms with Gasteiger partial charge in [0.15, 0.2) is 0 Å². The van der Waals surface area contributed by atoms with Gasteiger partial charge in [0.1, 0.15) is 0 Å². The lowest BCUT2D eigenvalue weighted by Gasteiger charge is -2.35. The number of piperidine rings is 1. The lowest BCUT2D eigenvalue weighted by atomic mass is 9.94. The summed E-state index contributed by atoms with van der Waals surface area (Å²) in [7, 11) is 0. The van der Waals surface area contributed by atoms with Crippen molar-refractivity contribution in [1.82, 2.24) is 9.80 Å². The molecule has 0 bridgehead atoms. The first-order valence-corrected chi connectivity index (χ1v) is 8.78. The molecule has 130 valence electrons. The quantitative estimate of drug-likeness (QED) is 0.754. The molecule has 4 heteroatoms. The van der Waals surface area contributed by atoms with E-state index in [1.165, 1.54) is 11.6 Å². The number of carbonyl (C=O) groups is 2. The molecule has 1 heterocycles. The number of hydrogen-bond acceptors (Lipinski definition) is 2. The number of hydrogen-bond donors (Lipinski definition) is 0. The third-order valence-electron chi connectivity index (χ3n) is 4.72. The smallest absolute Gasteiger partial charge is 0.245 e. The van der Waals surface area contributed by atoms with Gasteiger partial charge < -0.3 is 9.80 Å². The summed E-state index contributed by atoms with van der Waals surface area (Å²) in [6, 6.07) is 10.5. The van der Waals surface area contributed by atoms with E-state index in [0.717, 1.165) is 25.8 Å². The summed E-state index contributed by atoms with van der Waals surface area (Å²) >= 11 is 0. The number of benzene rings is 1. The molecule has 1 fully saturated rings. The van der Waals surface area contributed by atoms with Crippen molar-refractivity contribution in [2.24, 2.45) is 5.92 Å². The Kier molecular flexibility index (Phi) is 6.59. The fraction of sp³-hybridized carbons (Fsp3) is 0.500. The van der Waals surface area contributed by atoms with E-state index in [4.69, 9.17) is 0 Å². The molecule has 1 aliphatic rings. The van der Waals surface area contributed by atoms with Crippen molar-refractivity contribution in [2.45, 2.75) is 39.2 Å². The maximum atomic E-state index is 12.9. The van der Waals surface area contributed by atoms with Crippen LogP contribution in [0.5, 0.6) is 0 Å². The molecule has 1 aromatic carbocycles. The second kappa shape index (κ2) is 8.67. The maximum absolute atomic E-state index is 12.9. The van der Waals surface area contributed by atoms with E-state index in [1.54, 1.807) is 4.90 Å². The first kappa shape index (κ1) is 18.2. The fourth-order valence-corrected chi connectivity index (χ4v) is 3.23. The van der Waals surface area contributed by atoms with Crippen molar-refractivity contribution in [2.75, 3.05) is 19.6 Å². The molecule has 0 N–H and O–H groups in total. The lowest BCUT2D eigenvalue weighted by molar-refractivity contribution is -0.140. The Morgan fingerprint density at radius 3 is 2.42 bits per heavy atom. The van der Waals surface area contributed by atoms with E-state index >= 15 is 0 Å². The van der Waals surface area contributed by atoms with Gasteiger partial charge in [-0.15, -0.1) is 0 Å². The molecule has 1 saturated heterocycles. The van der Waals surface area contributed by atoms with Gasteiger partial charge >= 0.3 is 0 Å². The van der Waals surface area contributed by atoms with Crippen molar-refractivity contribution in [1.29, 1.82) is 0 Å². The van der Waals surface area contributed by atoms with Crippen molar-refractivity contribution in [3.63, 3.8) is 0 Å². The average molecular weight is 328 g/mol. The van der Waals surface area contributed by atoms with E-state index in [0.29, 0.717) is 13.1 Å². The largest absolute Gasteiger partial charge is 0.340 e. The van der Waals surface area contributed by atoms with Crippen LogP contribution in [0.1, 0.15) is 32.3 Å². The standard InChI is InChI=1S/C20H28N2O2/c1-4-19(23)21-13-11-18(12-14-21)20(24)22(16(2)3)15-10-17-8-6-5-7-9-17/h4-9,16,18H,1,10-15H2,2-3H3. The molecule has 0 aromatic heterocycles. The Labute approximate surface area is 145 Å². The summed E-state index contributed by atoms with van der Waals surface area (Å²) in [5, 5.41) is 0. The van der Waals surface area contributed by atoms with E-state index < -0.39 is 0 Å². The van der Waals surface area contributed by atoms with Gasteiger partial charge in [0, 0.05) is 31.6 Å². The summed E-state index contributed by atoms with van der Waals surface area (Å²) in [4.78, 5) is 28.3. The van der Waals surface area contributed by atoms with Crippen LogP contribution in [0.3, 0.4) is 0 Å². The minimum absolute atomic E-state index is 0.0250. The fourth-order valence-electron chi connectivity index (χ4n) is 3.23. The van der Waals surface area contributed by atoms with Gasteiger partial charge in [-0.2, -0.15) is 0 Å². The predicted molar refractivity (Wildman–Crippen MR) is 96.5 cm³/mol. The molecule has 0 atom stereocenters. The van der Waals surface area contributed by atoms with Crippen LogP contribution in [0.4, 0.5) is 0 Å². The van der Waals surface area contributed by atoms with Gasteiger partial charge in [-0.05, 0) is 44.7 Å². The lowest BCUT2D eigenvalue weighted by Crippen LogP contribution is -2.46. The monoisotopic (exact) mass is 328 g/mol. The third-order valence-corrected chi connectivity index (χ3v) is 4.72. The molecule has 2 amide bonds. The van der Waals surface area contributed by atoms with Gasteiger partial charge in [0.05, 0.1) is 0 Å². The van der Waals surface area contributed by atoms with Crippen molar-refractivity contribution >= 4 is 11.8 Å². The Bertz CT molecular complexity index is 560. The van der Waals surface area contributed by atoms with Crippen LogP contribution in [0.15, 0.2) is 43.0 Å². The summed E-state index contributed by atoms with van der Waals surface area (Å²) in [5.74, 6) is 0.217. The number of amides is 2. The van der Waals surface area contributed by atoms with E-state index in [1.807, 2.05) is 23.1 Å². The molecule has 0 unspecified atom stereocenters. The zero-order valence-corrected chi connectivity index (χ0v) is 14.8. The Morgan fingerprint density at radius 1 is 1.25 bits per heavy atom. The molecule has 4 nitrogen and oxygen atoms in total. The number of rotatable bonds is 6. The van der Waals surface area contributed by atoms with Crippen LogP contribution in [0.2, 0.25) is 0 Å². The Balaban J connectivity index is 1.92. The summed E-state index contributed by atoms with van der Waals surface area (Å²) in [6.07, 6.45) is 3.71. The van der Waals surface area contributed by atoms with Gasteiger partial charge in [-0.3, -0.25) is 9.59 Å². The number of carbonyl (C=O) groups excluding carboxylic acids is 2. The predicted octanol–water partition coefficient (Wildman–Crippen LogP) is 2.89. The zero-order chi connectivity index (χ0) is 17.5. The molecule has 0 spiro atoms. The van der Waals surface area contributed by atoms with Crippen LogP contribution in [-0.4, -0.2) is 47.3 Å². The van der Waals surface area contributed by atoms with Crippen LogP contribution in [0.25, 0.3) is 0 Å². The molecule has 0 saturated carbocycles. The second-order valence-electron chi connectivity index (χ2n) is 6.66. The first-order chi connectivity index (χ1) is 11.5. The highest BCUT2D eigenvalue weighted by atomic mass is 16.2. The molecular weight excluding hydrogens is 300 g/mol. The normalized spacial score (nSPS) is 15.4. The molecule has 1 aromatic rings. The minimum atomic E-state index is -0.0364. The first-order valence-electron chi connectivity index (χ1n) is 8.78. The van der Waals surface area contributed by atoms with Crippen molar-refractivity contribution in [3.8, 4) is 0 Å². The van der Waals surface area contributed by atoms with Gasteiger partial charge in [0.25, 0.3) is 0 Å². The highest BCUT2D eigenvalue weighted by Crippen LogP contribution is 2.21. The molecule has 0 radical (unpaired) electrons. The van der Waals surface area contributed by atoms with Gasteiger partial charge in [0.2, 0.25) is 11.8 Å². The minimum Gasteiger partial charge on any atom is -0.340 e. The van der Waals surface area contributed by atoms with Gasteiger partial charge in [-0.1, -0.05) is 36.9 Å². The molecule has 24 heavy (non-hydrogen) atoms. The SMILES string of the molecule is C=CC(=O)N1CCC(C(=O)N(CCc2ccccc2)C(C)C)CC1. The van der Waals surface area contributed by atoms with Crippen molar-refractivity contribution in [3.05, 3.63) is 48.6 Å². The Morgan fingerprint density at radius 2 is 1.88 bits per heavy atom. The summed E-state index contributed by atoms with van der Waals surface area (Å²) < 4.78 is 0. The third kappa shape index (κ3) is 4.70.